The second-order valence-corrected chi connectivity index (χ2v) is 6.54. The SMILES string of the molecule is COc1ccc(-c2ccnc3c(-c4cccc(Cl)c4)c(C)nn23)cc1OC. The zero-order chi connectivity index (χ0) is 19.0. The minimum Gasteiger partial charge on any atom is -0.493 e. The first kappa shape index (κ1) is 17.4. The molecule has 0 saturated heterocycles. The van der Waals surface area contributed by atoms with Crippen molar-refractivity contribution in [3.63, 3.8) is 0 Å². The molecule has 0 atom stereocenters. The van der Waals surface area contributed by atoms with E-state index in [1.807, 2.05) is 60.0 Å². The summed E-state index contributed by atoms with van der Waals surface area (Å²) in [6, 6.07) is 15.5. The standard InChI is InChI=1S/C21H18ClN3O2/c1-13-20(15-5-4-6-16(22)11-15)21-23-10-9-17(25(21)24-13)14-7-8-18(26-2)19(12-14)27-3/h4-12H,1-3H3. The summed E-state index contributed by atoms with van der Waals surface area (Å²) < 4.78 is 12.6. The van der Waals surface area contributed by atoms with Gasteiger partial charge in [-0.25, -0.2) is 9.50 Å². The average molecular weight is 380 g/mol. The van der Waals surface area contributed by atoms with Crippen LogP contribution >= 0.6 is 11.6 Å². The lowest BCUT2D eigenvalue weighted by Crippen LogP contribution is -1.97. The van der Waals surface area contributed by atoms with Gasteiger partial charge in [0.25, 0.3) is 0 Å². The number of aryl methyl sites for hydroxylation is 1. The number of nitrogens with zero attached hydrogens (tertiary/aromatic N) is 3. The summed E-state index contributed by atoms with van der Waals surface area (Å²) in [6.07, 6.45) is 1.79. The van der Waals surface area contributed by atoms with Crippen LogP contribution < -0.4 is 9.47 Å². The van der Waals surface area contributed by atoms with E-state index in [0.717, 1.165) is 33.7 Å². The lowest BCUT2D eigenvalue weighted by Gasteiger charge is -2.10. The zero-order valence-electron chi connectivity index (χ0n) is 15.2. The molecule has 27 heavy (non-hydrogen) atoms. The van der Waals surface area contributed by atoms with Crippen molar-refractivity contribution in [3.05, 3.63) is 65.4 Å². The van der Waals surface area contributed by atoms with E-state index in [4.69, 9.17) is 26.2 Å². The molecular formula is C21H18ClN3O2. The van der Waals surface area contributed by atoms with Crippen LogP contribution in [0, 0.1) is 6.92 Å². The maximum atomic E-state index is 6.18. The van der Waals surface area contributed by atoms with Crippen molar-refractivity contribution in [2.45, 2.75) is 6.92 Å². The van der Waals surface area contributed by atoms with E-state index in [0.29, 0.717) is 16.5 Å². The Morgan fingerprint density at radius 2 is 1.74 bits per heavy atom. The largest absolute Gasteiger partial charge is 0.493 e. The Bertz CT molecular complexity index is 1140. The van der Waals surface area contributed by atoms with Gasteiger partial charge in [-0.3, -0.25) is 0 Å². The Hall–Kier alpha value is -3.05. The third-order valence-electron chi connectivity index (χ3n) is 4.49. The molecule has 0 radical (unpaired) electrons. The third-order valence-corrected chi connectivity index (χ3v) is 4.72. The third kappa shape index (κ3) is 3.00. The highest BCUT2D eigenvalue weighted by Crippen LogP contribution is 2.34. The van der Waals surface area contributed by atoms with E-state index in [2.05, 4.69) is 4.98 Å². The lowest BCUT2D eigenvalue weighted by molar-refractivity contribution is 0.355. The fourth-order valence-corrected chi connectivity index (χ4v) is 3.44. The minimum atomic E-state index is 0.666. The molecule has 0 aliphatic heterocycles. The van der Waals surface area contributed by atoms with Crippen LogP contribution in [0.2, 0.25) is 5.02 Å². The van der Waals surface area contributed by atoms with Gasteiger partial charge in [-0.1, -0.05) is 23.7 Å². The molecule has 0 N–H and O–H groups in total. The van der Waals surface area contributed by atoms with Crippen molar-refractivity contribution in [3.8, 4) is 33.9 Å². The van der Waals surface area contributed by atoms with Crippen LogP contribution in [0.25, 0.3) is 28.0 Å². The first-order chi connectivity index (χ1) is 13.1. The number of fused-ring (bicyclic) bond motifs is 1. The highest BCUT2D eigenvalue weighted by Gasteiger charge is 2.17. The Labute approximate surface area is 162 Å². The average Bonchev–Trinajstić information content (AvgIpc) is 3.03. The summed E-state index contributed by atoms with van der Waals surface area (Å²) in [7, 11) is 3.25. The van der Waals surface area contributed by atoms with Gasteiger partial charge < -0.3 is 9.47 Å². The first-order valence-electron chi connectivity index (χ1n) is 8.45. The van der Waals surface area contributed by atoms with E-state index in [1.54, 1.807) is 20.4 Å². The highest BCUT2D eigenvalue weighted by atomic mass is 35.5. The van der Waals surface area contributed by atoms with Crippen molar-refractivity contribution in [1.82, 2.24) is 14.6 Å². The van der Waals surface area contributed by atoms with Gasteiger partial charge in [0.1, 0.15) is 0 Å². The highest BCUT2D eigenvalue weighted by molar-refractivity contribution is 6.30. The van der Waals surface area contributed by atoms with Crippen LogP contribution in [0.3, 0.4) is 0 Å². The monoisotopic (exact) mass is 379 g/mol. The summed E-state index contributed by atoms with van der Waals surface area (Å²) in [5.74, 6) is 1.35. The molecule has 136 valence electrons. The van der Waals surface area contributed by atoms with Crippen LogP contribution in [0.1, 0.15) is 5.69 Å². The molecule has 2 heterocycles. The Kier molecular flexibility index (Phi) is 4.46. The Morgan fingerprint density at radius 1 is 0.926 bits per heavy atom. The summed E-state index contributed by atoms with van der Waals surface area (Å²) in [5.41, 5.74) is 5.50. The molecule has 0 aliphatic rings. The van der Waals surface area contributed by atoms with E-state index in [-0.39, 0.29) is 0 Å². The molecule has 2 aromatic carbocycles. The van der Waals surface area contributed by atoms with Crippen LogP contribution in [0.4, 0.5) is 0 Å². The smallest absolute Gasteiger partial charge is 0.163 e. The van der Waals surface area contributed by atoms with Gasteiger partial charge in [-0.05, 0) is 48.9 Å². The second-order valence-electron chi connectivity index (χ2n) is 6.11. The Morgan fingerprint density at radius 3 is 2.48 bits per heavy atom. The number of ether oxygens (including phenoxy) is 2. The summed E-state index contributed by atoms with van der Waals surface area (Å²) in [6.45, 7) is 1.98. The molecule has 0 saturated carbocycles. The van der Waals surface area contributed by atoms with Crippen LogP contribution in [0.15, 0.2) is 54.7 Å². The molecule has 6 heteroatoms. The summed E-state index contributed by atoms with van der Waals surface area (Å²) in [4.78, 5) is 4.57. The molecule has 4 rings (SSSR count). The molecule has 2 aromatic heterocycles. The number of methoxy groups -OCH3 is 2. The number of hydrogen-bond donors (Lipinski definition) is 0. The van der Waals surface area contributed by atoms with Crippen molar-refractivity contribution < 1.29 is 9.47 Å². The molecule has 0 fully saturated rings. The summed E-state index contributed by atoms with van der Waals surface area (Å²) >= 11 is 6.18. The zero-order valence-corrected chi connectivity index (χ0v) is 16.0. The van der Waals surface area contributed by atoms with Crippen LogP contribution in [-0.2, 0) is 0 Å². The van der Waals surface area contributed by atoms with Crippen LogP contribution in [-0.4, -0.2) is 28.8 Å². The molecule has 0 unspecified atom stereocenters. The normalized spacial score (nSPS) is 11.0. The number of aromatic nitrogens is 3. The summed E-state index contributed by atoms with van der Waals surface area (Å²) in [5, 5.41) is 5.42. The number of hydrogen-bond acceptors (Lipinski definition) is 4. The molecule has 5 nitrogen and oxygen atoms in total. The molecule has 0 aliphatic carbocycles. The quantitative estimate of drug-likeness (QED) is 0.498. The predicted octanol–water partition coefficient (Wildman–Crippen LogP) is 5.04. The fraction of sp³-hybridized carbons (Fsp3) is 0.143. The van der Waals surface area contributed by atoms with Gasteiger partial charge in [0.2, 0.25) is 0 Å². The van der Waals surface area contributed by atoms with Gasteiger partial charge in [0.05, 0.1) is 25.6 Å². The van der Waals surface area contributed by atoms with Gasteiger partial charge in [0.15, 0.2) is 17.1 Å². The maximum absolute atomic E-state index is 6.18. The van der Waals surface area contributed by atoms with Gasteiger partial charge in [-0.15, -0.1) is 0 Å². The molecule has 4 aromatic rings. The van der Waals surface area contributed by atoms with Crippen molar-refractivity contribution in [2.24, 2.45) is 0 Å². The van der Waals surface area contributed by atoms with Crippen LogP contribution in [0.5, 0.6) is 11.5 Å². The minimum absolute atomic E-state index is 0.666. The van der Waals surface area contributed by atoms with E-state index in [9.17, 15) is 0 Å². The van der Waals surface area contributed by atoms with Gasteiger partial charge >= 0.3 is 0 Å². The second kappa shape index (κ2) is 6.93. The van der Waals surface area contributed by atoms with Crippen molar-refractivity contribution >= 4 is 17.2 Å². The molecule has 0 amide bonds. The van der Waals surface area contributed by atoms with E-state index >= 15 is 0 Å². The Balaban J connectivity index is 1.93. The van der Waals surface area contributed by atoms with E-state index in [1.165, 1.54) is 0 Å². The van der Waals surface area contributed by atoms with E-state index < -0.39 is 0 Å². The first-order valence-corrected chi connectivity index (χ1v) is 8.83. The predicted molar refractivity (Wildman–Crippen MR) is 107 cm³/mol. The number of rotatable bonds is 4. The lowest BCUT2D eigenvalue weighted by atomic mass is 10.1. The molecular weight excluding hydrogens is 362 g/mol. The topological polar surface area (TPSA) is 48.7 Å². The molecule has 0 spiro atoms. The number of halogens is 1. The maximum Gasteiger partial charge on any atom is 0.163 e. The van der Waals surface area contributed by atoms with Crippen molar-refractivity contribution in [1.29, 1.82) is 0 Å². The number of benzene rings is 2. The fourth-order valence-electron chi connectivity index (χ4n) is 3.25. The molecule has 0 bridgehead atoms. The van der Waals surface area contributed by atoms with Gasteiger partial charge in [0, 0.05) is 22.3 Å². The van der Waals surface area contributed by atoms with Crippen molar-refractivity contribution in [2.75, 3.05) is 14.2 Å². The van der Waals surface area contributed by atoms with Gasteiger partial charge in [-0.2, -0.15) is 5.10 Å².